The van der Waals surface area contributed by atoms with Gasteiger partial charge in [-0.15, -0.1) is 0 Å². The molecule has 16 heavy (non-hydrogen) atoms. The Morgan fingerprint density at radius 2 is 2.00 bits per heavy atom. The van der Waals surface area contributed by atoms with E-state index in [0.717, 1.165) is 12.0 Å². The predicted molar refractivity (Wildman–Crippen MR) is 64.7 cm³/mol. The molecule has 1 unspecified atom stereocenters. The van der Waals surface area contributed by atoms with E-state index in [9.17, 15) is 4.39 Å². The zero-order valence-corrected chi connectivity index (χ0v) is 9.66. The first kappa shape index (κ1) is 11.6. The van der Waals surface area contributed by atoms with Crippen molar-refractivity contribution in [3.8, 4) is 0 Å². The summed E-state index contributed by atoms with van der Waals surface area (Å²) < 4.78 is 13.0. The van der Waals surface area contributed by atoms with E-state index in [1.54, 1.807) is 12.1 Å². The number of rotatable bonds is 3. The van der Waals surface area contributed by atoms with Gasteiger partial charge in [-0.2, -0.15) is 0 Å². The standard InChI is InChI=1S/C14H20FN/c15-13-8-4-5-11(9-13)10-14(16)12-6-2-1-3-7-12/h4-5,8-9,12,14H,1-3,6-7,10,16H2. The van der Waals surface area contributed by atoms with Crippen LogP contribution in [0.5, 0.6) is 0 Å². The van der Waals surface area contributed by atoms with E-state index in [1.165, 1.54) is 38.2 Å². The van der Waals surface area contributed by atoms with Crippen molar-refractivity contribution in [2.24, 2.45) is 11.7 Å². The van der Waals surface area contributed by atoms with Crippen LogP contribution in [0.25, 0.3) is 0 Å². The minimum absolute atomic E-state index is 0.159. The van der Waals surface area contributed by atoms with E-state index in [-0.39, 0.29) is 11.9 Å². The molecule has 1 aliphatic rings. The van der Waals surface area contributed by atoms with Gasteiger partial charge in [0.15, 0.2) is 0 Å². The molecule has 0 radical (unpaired) electrons. The lowest BCUT2D eigenvalue weighted by molar-refractivity contribution is 0.303. The molecular weight excluding hydrogens is 201 g/mol. The quantitative estimate of drug-likeness (QED) is 0.833. The fraction of sp³-hybridized carbons (Fsp3) is 0.571. The Bertz CT molecular complexity index is 331. The summed E-state index contributed by atoms with van der Waals surface area (Å²) in [6.45, 7) is 0. The molecule has 0 aromatic heterocycles. The van der Waals surface area contributed by atoms with Crippen molar-refractivity contribution in [3.05, 3.63) is 35.6 Å². The van der Waals surface area contributed by atoms with Crippen LogP contribution in [0, 0.1) is 11.7 Å². The number of nitrogens with two attached hydrogens (primary N) is 1. The van der Waals surface area contributed by atoms with Crippen LogP contribution in [0.3, 0.4) is 0 Å². The van der Waals surface area contributed by atoms with Crippen LogP contribution in [0.15, 0.2) is 24.3 Å². The molecule has 0 aliphatic heterocycles. The molecule has 0 heterocycles. The van der Waals surface area contributed by atoms with Gasteiger partial charge in [0.1, 0.15) is 5.82 Å². The maximum atomic E-state index is 13.0. The fourth-order valence-corrected chi connectivity index (χ4v) is 2.67. The van der Waals surface area contributed by atoms with Crippen LogP contribution in [-0.4, -0.2) is 6.04 Å². The van der Waals surface area contributed by atoms with Crippen molar-refractivity contribution in [1.29, 1.82) is 0 Å². The van der Waals surface area contributed by atoms with E-state index in [2.05, 4.69) is 0 Å². The second kappa shape index (κ2) is 5.44. The summed E-state index contributed by atoms with van der Waals surface area (Å²) in [7, 11) is 0. The largest absolute Gasteiger partial charge is 0.327 e. The third-order valence-electron chi connectivity index (χ3n) is 3.62. The maximum absolute atomic E-state index is 13.0. The van der Waals surface area contributed by atoms with Gasteiger partial charge in [0.2, 0.25) is 0 Å². The van der Waals surface area contributed by atoms with E-state index >= 15 is 0 Å². The predicted octanol–water partition coefficient (Wildman–Crippen LogP) is 3.28. The van der Waals surface area contributed by atoms with Gasteiger partial charge in [0.25, 0.3) is 0 Å². The van der Waals surface area contributed by atoms with Gasteiger partial charge in [-0.3, -0.25) is 0 Å². The molecule has 1 aromatic carbocycles. The molecular formula is C14H20FN. The summed E-state index contributed by atoms with van der Waals surface area (Å²) in [5.74, 6) is 0.477. The number of hydrogen-bond acceptors (Lipinski definition) is 1. The SMILES string of the molecule is NC(Cc1cccc(F)c1)C1CCCCC1. The Morgan fingerprint density at radius 3 is 2.69 bits per heavy atom. The molecule has 1 aliphatic carbocycles. The van der Waals surface area contributed by atoms with E-state index in [0.29, 0.717) is 5.92 Å². The summed E-state index contributed by atoms with van der Waals surface area (Å²) in [5, 5.41) is 0. The van der Waals surface area contributed by atoms with Crippen LogP contribution in [-0.2, 0) is 6.42 Å². The summed E-state index contributed by atoms with van der Waals surface area (Å²) in [4.78, 5) is 0. The van der Waals surface area contributed by atoms with Gasteiger partial charge in [-0.25, -0.2) is 4.39 Å². The molecule has 2 heteroatoms. The lowest BCUT2D eigenvalue weighted by Crippen LogP contribution is -2.33. The highest BCUT2D eigenvalue weighted by Gasteiger charge is 2.20. The second-order valence-corrected chi connectivity index (χ2v) is 4.90. The highest BCUT2D eigenvalue weighted by Crippen LogP contribution is 2.27. The number of benzene rings is 1. The normalized spacial score (nSPS) is 19.6. The molecule has 0 saturated heterocycles. The highest BCUT2D eigenvalue weighted by atomic mass is 19.1. The zero-order chi connectivity index (χ0) is 11.4. The summed E-state index contributed by atoms with van der Waals surface area (Å²) in [5.41, 5.74) is 7.23. The zero-order valence-electron chi connectivity index (χ0n) is 9.66. The first-order chi connectivity index (χ1) is 7.75. The van der Waals surface area contributed by atoms with Crippen LogP contribution in [0.4, 0.5) is 4.39 Å². The lowest BCUT2D eigenvalue weighted by atomic mass is 9.82. The summed E-state index contributed by atoms with van der Waals surface area (Å²) in [6.07, 6.45) is 7.27. The maximum Gasteiger partial charge on any atom is 0.123 e. The summed E-state index contributed by atoms with van der Waals surface area (Å²) >= 11 is 0. The van der Waals surface area contributed by atoms with Crippen molar-refractivity contribution in [2.75, 3.05) is 0 Å². The molecule has 0 spiro atoms. The first-order valence-corrected chi connectivity index (χ1v) is 6.26. The Labute approximate surface area is 96.9 Å². The Balaban J connectivity index is 1.93. The van der Waals surface area contributed by atoms with Gasteiger partial charge in [0, 0.05) is 6.04 Å². The highest BCUT2D eigenvalue weighted by molar-refractivity contribution is 5.17. The van der Waals surface area contributed by atoms with Crippen molar-refractivity contribution >= 4 is 0 Å². The topological polar surface area (TPSA) is 26.0 Å². The molecule has 0 bridgehead atoms. The molecule has 1 nitrogen and oxygen atoms in total. The molecule has 2 rings (SSSR count). The fourth-order valence-electron chi connectivity index (χ4n) is 2.67. The van der Waals surface area contributed by atoms with Crippen LogP contribution in [0.1, 0.15) is 37.7 Å². The third kappa shape index (κ3) is 3.05. The molecule has 2 N–H and O–H groups in total. The van der Waals surface area contributed by atoms with Gasteiger partial charge in [0.05, 0.1) is 0 Å². The molecule has 0 amide bonds. The van der Waals surface area contributed by atoms with E-state index in [1.807, 2.05) is 6.07 Å². The van der Waals surface area contributed by atoms with E-state index < -0.39 is 0 Å². The van der Waals surface area contributed by atoms with Crippen molar-refractivity contribution in [3.63, 3.8) is 0 Å². The smallest absolute Gasteiger partial charge is 0.123 e. The minimum Gasteiger partial charge on any atom is -0.327 e. The molecule has 1 aromatic rings. The first-order valence-electron chi connectivity index (χ1n) is 6.26. The van der Waals surface area contributed by atoms with Crippen LogP contribution < -0.4 is 5.73 Å². The van der Waals surface area contributed by atoms with Gasteiger partial charge in [-0.1, -0.05) is 31.4 Å². The summed E-state index contributed by atoms with van der Waals surface area (Å²) in [6, 6.07) is 7.00. The second-order valence-electron chi connectivity index (χ2n) is 4.90. The molecule has 1 fully saturated rings. The van der Waals surface area contributed by atoms with Crippen molar-refractivity contribution in [1.82, 2.24) is 0 Å². The van der Waals surface area contributed by atoms with Gasteiger partial charge < -0.3 is 5.73 Å². The average molecular weight is 221 g/mol. The number of hydrogen-bond donors (Lipinski definition) is 1. The number of halogens is 1. The Kier molecular flexibility index (Phi) is 3.94. The van der Waals surface area contributed by atoms with E-state index in [4.69, 9.17) is 5.73 Å². The minimum atomic E-state index is -0.159. The third-order valence-corrected chi connectivity index (χ3v) is 3.62. The van der Waals surface area contributed by atoms with Gasteiger partial charge in [-0.05, 0) is 42.9 Å². The van der Waals surface area contributed by atoms with Crippen LogP contribution in [0.2, 0.25) is 0 Å². The lowest BCUT2D eigenvalue weighted by Gasteiger charge is -2.27. The molecule has 88 valence electrons. The van der Waals surface area contributed by atoms with Crippen molar-refractivity contribution < 1.29 is 4.39 Å². The van der Waals surface area contributed by atoms with Crippen molar-refractivity contribution in [2.45, 2.75) is 44.6 Å². The Hall–Kier alpha value is -0.890. The average Bonchev–Trinajstić information content (AvgIpc) is 2.30. The monoisotopic (exact) mass is 221 g/mol. The molecule has 1 saturated carbocycles. The van der Waals surface area contributed by atoms with Crippen LogP contribution >= 0.6 is 0 Å². The molecule has 1 atom stereocenters. The van der Waals surface area contributed by atoms with Gasteiger partial charge >= 0.3 is 0 Å². The Morgan fingerprint density at radius 1 is 1.25 bits per heavy atom.